The molecule has 7 heteroatoms. The van der Waals surface area contributed by atoms with Gasteiger partial charge in [-0.3, -0.25) is 4.98 Å². The Hall–Kier alpha value is -2.73. The molecule has 0 aliphatic rings. The van der Waals surface area contributed by atoms with Gasteiger partial charge in [0.25, 0.3) is 0 Å². The van der Waals surface area contributed by atoms with Crippen LogP contribution in [0.3, 0.4) is 0 Å². The number of nitrogens with one attached hydrogen (secondary N) is 2. The number of nitrogens with zero attached hydrogens (tertiary/aromatic N) is 3. The van der Waals surface area contributed by atoms with E-state index >= 15 is 0 Å². The van der Waals surface area contributed by atoms with Crippen LogP contribution in [-0.4, -0.2) is 15.0 Å². The molecular weight excluding hydrogens is 329 g/mol. The van der Waals surface area contributed by atoms with Crippen LogP contribution >= 0.6 is 11.6 Å². The topological polar surface area (TPSA) is 62.7 Å². The van der Waals surface area contributed by atoms with Crippen molar-refractivity contribution < 1.29 is 4.39 Å². The lowest BCUT2D eigenvalue weighted by atomic mass is 10.3. The Morgan fingerprint density at radius 1 is 1.12 bits per heavy atom. The zero-order chi connectivity index (χ0) is 16.9. The first-order chi connectivity index (χ1) is 11.6. The number of hydrogen-bond acceptors (Lipinski definition) is 5. The second kappa shape index (κ2) is 7.23. The molecule has 0 saturated carbocycles. The molecule has 0 atom stereocenters. The maximum absolute atomic E-state index is 13.2. The number of rotatable bonds is 5. The molecule has 0 amide bonds. The molecule has 0 radical (unpaired) electrons. The van der Waals surface area contributed by atoms with E-state index in [1.54, 1.807) is 18.3 Å². The second-order valence-electron chi connectivity index (χ2n) is 5.15. The molecule has 2 heterocycles. The van der Waals surface area contributed by atoms with Crippen molar-refractivity contribution in [2.75, 3.05) is 10.6 Å². The molecule has 2 aromatic heterocycles. The van der Waals surface area contributed by atoms with Crippen molar-refractivity contribution in [2.24, 2.45) is 0 Å². The summed E-state index contributed by atoms with van der Waals surface area (Å²) in [7, 11) is 0. The molecule has 3 aromatic rings. The van der Waals surface area contributed by atoms with Crippen LogP contribution in [0.5, 0.6) is 0 Å². The molecule has 0 saturated heterocycles. The van der Waals surface area contributed by atoms with E-state index in [0.29, 0.717) is 24.0 Å². The van der Waals surface area contributed by atoms with Crippen LogP contribution in [0.2, 0.25) is 5.02 Å². The first-order valence-corrected chi connectivity index (χ1v) is 7.69. The molecule has 5 nitrogen and oxygen atoms in total. The van der Waals surface area contributed by atoms with Crippen LogP contribution in [-0.2, 0) is 6.54 Å². The third-order valence-electron chi connectivity index (χ3n) is 3.20. The summed E-state index contributed by atoms with van der Waals surface area (Å²) in [6.45, 7) is 2.39. The van der Waals surface area contributed by atoms with Crippen LogP contribution in [0.15, 0.2) is 48.7 Å². The molecule has 0 spiro atoms. The fraction of sp³-hybridized carbons (Fsp3) is 0.118. The number of hydrogen-bond donors (Lipinski definition) is 2. The van der Waals surface area contributed by atoms with Gasteiger partial charge in [-0.25, -0.2) is 9.37 Å². The van der Waals surface area contributed by atoms with E-state index in [1.165, 1.54) is 12.1 Å². The Morgan fingerprint density at radius 3 is 2.75 bits per heavy atom. The highest BCUT2D eigenvalue weighted by molar-refractivity contribution is 6.31. The van der Waals surface area contributed by atoms with Crippen LogP contribution in [0, 0.1) is 12.7 Å². The molecule has 122 valence electrons. The van der Waals surface area contributed by atoms with Crippen molar-refractivity contribution in [3.05, 3.63) is 70.9 Å². The maximum atomic E-state index is 13.2. The zero-order valence-electron chi connectivity index (χ0n) is 12.9. The maximum Gasteiger partial charge on any atom is 0.225 e. The molecule has 1 aromatic carbocycles. The summed E-state index contributed by atoms with van der Waals surface area (Å²) in [5.74, 6) is 0.615. The predicted molar refractivity (Wildman–Crippen MR) is 93.0 cm³/mol. The molecule has 0 bridgehead atoms. The highest BCUT2D eigenvalue weighted by Crippen LogP contribution is 2.22. The van der Waals surface area contributed by atoms with E-state index in [2.05, 4.69) is 25.6 Å². The van der Waals surface area contributed by atoms with Gasteiger partial charge in [0, 0.05) is 23.6 Å². The van der Waals surface area contributed by atoms with Gasteiger partial charge in [0.05, 0.1) is 17.3 Å². The molecule has 0 fully saturated rings. The predicted octanol–water partition coefficient (Wildman–Crippen LogP) is 4.33. The minimum absolute atomic E-state index is 0.0549. The van der Waals surface area contributed by atoms with E-state index in [0.717, 1.165) is 11.4 Å². The van der Waals surface area contributed by atoms with Gasteiger partial charge in [-0.2, -0.15) is 4.98 Å². The number of aryl methyl sites for hydroxylation is 1. The largest absolute Gasteiger partial charge is 0.349 e. The van der Waals surface area contributed by atoms with Gasteiger partial charge < -0.3 is 10.6 Å². The van der Waals surface area contributed by atoms with Gasteiger partial charge in [0.15, 0.2) is 0 Å². The molecule has 2 N–H and O–H groups in total. The van der Waals surface area contributed by atoms with Crippen LogP contribution in [0.4, 0.5) is 21.8 Å². The highest BCUT2D eigenvalue weighted by atomic mass is 35.5. The average molecular weight is 344 g/mol. The normalized spacial score (nSPS) is 10.5. The van der Waals surface area contributed by atoms with Crippen molar-refractivity contribution in [1.82, 2.24) is 15.0 Å². The standard InChI is InChI=1S/C17H15ClFN5/c1-11-8-16(23-12-5-6-15(19)14(18)9-12)24-17(22-11)21-10-13-4-2-3-7-20-13/h2-9H,10H2,1H3,(H2,21,22,23,24). The van der Waals surface area contributed by atoms with E-state index in [1.807, 2.05) is 25.1 Å². The number of anilines is 3. The van der Waals surface area contributed by atoms with Gasteiger partial charge in [0.2, 0.25) is 5.95 Å². The van der Waals surface area contributed by atoms with Crippen molar-refractivity contribution >= 4 is 29.1 Å². The van der Waals surface area contributed by atoms with E-state index in [-0.39, 0.29) is 5.02 Å². The Kier molecular flexibility index (Phi) is 4.86. The van der Waals surface area contributed by atoms with E-state index in [9.17, 15) is 4.39 Å². The Balaban J connectivity index is 1.74. The summed E-state index contributed by atoms with van der Waals surface area (Å²) in [5.41, 5.74) is 2.34. The fourth-order valence-electron chi connectivity index (χ4n) is 2.11. The summed E-state index contributed by atoms with van der Waals surface area (Å²) in [6, 6.07) is 11.9. The third kappa shape index (κ3) is 4.17. The van der Waals surface area contributed by atoms with Crippen LogP contribution in [0.1, 0.15) is 11.4 Å². The molecule has 0 unspecified atom stereocenters. The van der Waals surface area contributed by atoms with Crippen molar-refractivity contribution in [3.63, 3.8) is 0 Å². The van der Waals surface area contributed by atoms with Crippen LogP contribution in [0.25, 0.3) is 0 Å². The molecule has 0 aliphatic heterocycles. The quantitative estimate of drug-likeness (QED) is 0.722. The minimum atomic E-state index is -0.459. The van der Waals surface area contributed by atoms with Gasteiger partial charge in [-0.05, 0) is 37.3 Å². The highest BCUT2D eigenvalue weighted by Gasteiger charge is 2.05. The van der Waals surface area contributed by atoms with Crippen LogP contribution < -0.4 is 10.6 Å². The van der Waals surface area contributed by atoms with Gasteiger partial charge >= 0.3 is 0 Å². The molecule has 0 aliphatic carbocycles. The summed E-state index contributed by atoms with van der Waals surface area (Å²) in [5, 5.41) is 6.29. The lowest BCUT2D eigenvalue weighted by Gasteiger charge is -2.10. The van der Waals surface area contributed by atoms with Crippen molar-refractivity contribution in [3.8, 4) is 0 Å². The SMILES string of the molecule is Cc1cc(Nc2ccc(F)c(Cl)c2)nc(NCc2ccccn2)n1. The first kappa shape index (κ1) is 16.1. The van der Waals surface area contributed by atoms with E-state index < -0.39 is 5.82 Å². The fourth-order valence-corrected chi connectivity index (χ4v) is 2.29. The minimum Gasteiger partial charge on any atom is -0.349 e. The Bertz CT molecular complexity index is 842. The van der Waals surface area contributed by atoms with Crippen molar-refractivity contribution in [2.45, 2.75) is 13.5 Å². The first-order valence-electron chi connectivity index (χ1n) is 7.32. The lowest BCUT2D eigenvalue weighted by Crippen LogP contribution is -2.07. The number of pyridine rings is 1. The number of halogens is 2. The Morgan fingerprint density at radius 2 is 2.00 bits per heavy atom. The molecule has 24 heavy (non-hydrogen) atoms. The summed E-state index contributed by atoms with van der Waals surface area (Å²) in [4.78, 5) is 13.0. The number of benzene rings is 1. The third-order valence-corrected chi connectivity index (χ3v) is 3.49. The molecular formula is C17H15ClFN5. The zero-order valence-corrected chi connectivity index (χ0v) is 13.7. The van der Waals surface area contributed by atoms with Crippen molar-refractivity contribution in [1.29, 1.82) is 0 Å². The second-order valence-corrected chi connectivity index (χ2v) is 5.55. The van der Waals surface area contributed by atoms with Gasteiger partial charge in [0.1, 0.15) is 11.6 Å². The van der Waals surface area contributed by atoms with Gasteiger partial charge in [-0.1, -0.05) is 17.7 Å². The average Bonchev–Trinajstić information content (AvgIpc) is 2.57. The summed E-state index contributed by atoms with van der Waals surface area (Å²) in [6.07, 6.45) is 1.74. The smallest absolute Gasteiger partial charge is 0.225 e. The number of aromatic nitrogens is 3. The van der Waals surface area contributed by atoms with Gasteiger partial charge in [-0.15, -0.1) is 0 Å². The van der Waals surface area contributed by atoms with E-state index in [4.69, 9.17) is 11.6 Å². The Labute approximate surface area is 144 Å². The lowest BCUT2D eigenvalue weighted by molar-refractivity contribution is 0.628. The summed E-state index contributed by atoms with van der Waals surface area (Å²) >= 11 is 5.79. The monoisotopic (exact) mass is 343 g/mol. The summed E-state index contributed by atoms with van der Waals surface area (Å²) < 4.78 is 13.2. The molecule has 3 rings (SSSR count).